The summed E-state index contributed by atoms with van der Waals surface area (Å²) >= 11 is 0. The zero-order valence-corrected chi connectivity index (χ0v) is 11.0. The maximum absolute atomic E-state index is 13.5. The minimum absolute atomic E-state index is 0.0579. The van der Waals surface area contributed by atoms with E-state index in [9.17, 15) is 18.4 Å². The molecule has 0 spiro atoms. The van der Waals surface area contributed by atoms with E-state index < -0.39 is 29.2 Å². The van der Waals surface area contributed by atoms with Gasteiger partial charge in [0.1, 0.15) is 11.6 Å². The summed E-state index contributed by atoms with van der Waals surface area (Å²) in [6.45, 7) is 0. The van der Waals surface area contributed by atoms with Crippen molar-refractivity contribution in [3.05, 3.63) is 41.5 Å². The smallest absolute Gasteiger partial charge is 0.338 e. The van der Waals surface area contributed by atoms with E-state index in [1.807, 2.05) is 12.2 Å². The summed E-state index contributed by atoms with van der Waals surface area (Å²) in [5.41, 5.74) is -1.08. The van der Waals surface area contributed by atoms with Crippen molar-refractivity contribution in [2.24, 2.45) is 0 Å². The molecular weight excluding hydrogens is 282 g/mol. The number of nitrogens with one attached hydrogen (secondary N) is 2. The van der Waals surface area contributed by atoms with Crippen LogP contribution in [0.15, 0.2) is 24.3 Å². The number of carbonyl (C=O) groups excluding carboxylic acids is 1. The Morgan fingerprint density at radius 3 is 2.57 bits per heavy atom. The zero-order valence-electron chi connectivity index (χ0n) is 11.0. The van der Waals surface area contributed by atoms with Gasteiger partial charge in [-0.3, -0.25) is 0 Å². The molecular formula is C14H14F2N2O3. The standard InChI is InChI=1S/C14H14F2N2O3/c15-10-7-11(16)12(6-9(10)13(19)20)18-14(21)17-8-4-2-1-3-5-8/h1-2,6-8H,3-5H2,(H,19,20)(H2,17,18,21). The first-order chi connectivity index (χ1) is 9.97. The predicted molar refractivity (Wildman–Crippen MR) is 72.3 cm³/mol. The molecule has 2 amide bonds. The van der Waals surface area contributed by atoms with Crippen LogP contribution in [-0.4, -0.2) is 23.1 Å². The molecule has 0 saturated carbocycles. The number of carboxylic acid groups (broad SMARTS) is 1. The van der Waals surface area contributed by atoms with E-state index in [-0.39, 0.29) is 11.7 Å². The Balaban J connectivity index is 2.08. The third-order valence-corrected chi connectivity index (χ3v) is 3.14. The molecule has 7 heteroatoms. The van der Waals surface area contributed by atoms with E-state index in [4.69, 9.17) is 5.11 Å². The Morgan fingerprint density at radius 1 is 1.19 bits per heavy atom. The normalized spacial score (nSPS) is 17.3. The third-order valence-electron chi connectivity index (χ3n) is 3.14. The number of allylic oxidation sites excluding steroid dienone is 1. The van der Waals surface area contributed by atoms with E-state index in [1.165, 1.54) is 0 Å². The molecule has 0 aliphatic heterocycles. The number of carbonyl (C=O) groups is 2. The summed E-state index contributed by atoms with van der Waals surface area (Å²) in [6.07, 6.45) is 6.25. The van der Waals surface area contributed by atoms with E-state index in [0.29, 0.717) is 12.5 Å². The van der Waals surface area contributed by atoms with Crippen LogP contribution in [0.5, 0.6) is 0 Å². The molecule has 0 fully saturated rings. The van der Waals surface area contributed by atoms with Gasteiger partial charge in [0, 0.05) is 12.1 Å². The van der Waals surface area contributed by atoms with Crippen LogP contribution < -0.4 is 10.6 Å². The van der Waals surface area contributed by atoms with Crippen LogP contribution in [0.2, 0.25) is 0 Å². The fourth-order valence-corrected chi connectivity index (χ4v) is 2.08. The number of carboxylic acids is 1. The van der Waals surface area contributed by atoms with Crippen molar-refractivity contribution < 1.29 is 23.5 Å². The average Bonchev–Trinajstić information content (AvgIpc) is 2.42. The van der Waals surface area contributed by atoms with Crippen LogP contribution in [0.3, 0.4) is 0 Å². The monoisotopic (exact) mass is 296 g/mol. The number of aromatic carboxylic acids is 1. The molecule has 21 heavy (non-hydrogen) atoms. The lowest BCUT2D eigenvalue weighted by Crippen LogP contribution is -2.38. The first-order valence-corrected chi connectivity index (χ1v) is 6.42. The van der Waals surface area contributed by atoms with Crippen LogP contribution in [0.1, 0.15) is 29.6 Å². The molecule has 1 unspecified atom stereocenters. The number of hydrogen-bond acceptors (Lipinski definition) is 2. The number of benzene rings is 1. The molecule has 0 heterocycles. The second kappa shape index (κ2) is 6.34. The molecule has 1 atom stereocenters. The van der Waals surface area contributed by atoms with Gasteiger partial charge in [-0.05, 0) is 25.3 Å². The maximum atomic E-state index is 13.5. The van der Waals surface area contributed by atoms with Crippen LogP contribution in [-0.2, 0) is 0 Å². The van der Waals surface area contributed by atoms with Gasteiger partial charge in [-0.2, -0.15) is 0 Å². The number of rotatable bonds is 3. The van der Waals surface area contributed by atoms with Gasteiger partial charge in [0.15, 0.2) is 0 Å². The Bertz CT molecular complexity index is 602. The summed E-state index contributed by atoms with van der Waals surface area (Å²) in [6, 6.07) is 0.477. The fourth-order valence-electron chi connectivity index (χ4n) is 2.08. The lowest BCUT2D eigenvalue weighted by atomic mass is 10.0. The van der Waals surface area contributed by atoms with Gasteiger partial charge >= 0.3 is 12.0 Å². The SMILES string of the molecule is O=C(Nc1cc(C(=O)O)c(F)cc1F)NC1CC=CCC1. The van der Waals surface area contributed by atoms with Crippen molar-refractivity contribution in [1.29, 1.82) is 0 Å². The Hall–Kier alpha value is -2.44. The van der Waals surface area contributed by atoms with Crippen molar-refractivity contribution in [2.75, 3.05) is 5.32 Å². The number of anilines is 1. The Labute approximate surface area is 119 Å². The van der Waals surface area contributed by atoms with Crippen molar-refractivity contribution in [2.45, 2.75) is 25.3 Å². The lowest BCUT2D eigenvalue weighted by molar-refractivity contribution is 0.0692. The summed E-state index contributed by atoms with van der Waals surface area (Å²) in [5, 5.41) is 13.6. The highest BCUT2D eigenvalue weighted by Gasteiger charge is 2.18. The topological polar surface area (TPSA) is 78.4 Å². The van der Waals surface area contributed by atoms with E-state index >= 15 is 0 Å². The minimum atomic E-state index is -1.53. The molecule has 5 nitrogen and oxygen atoms in total. The lowest BCUT2D eigenvalue weighted by Gasteiger charge is -2.19. The molecule has 1 aliphatic rings. The van der Waals surface area contributed by atoms with Crippen LogP contribution in [0, 0.1) is 11.6 Å². The van der Waals surface area contributed by atoms with Gasteiger partial charge in [-0.1, -0.05) is 12.2 Å². The molecule has 0 radical (unpaired) electrons. The Morgan fingerprint density at radius 2 is 1.95 bits per heavy atom. The first-order valence-electron chi connectivity index (χ1n) is 6.42. The van der Waals surface area contributed by atoms with E-state index in [1.54, 1.807) is 0 Å². The molecule has 0 saturated heterocycles. The molecule has 3 N–H and O–H groups in total. The maximum Gasteiger partial charge on any atom is 0.338 e. The quantitative estimate of drug-likeness (QED) is 0.750. The number of halogens is 2. The largest absolute Gasteiger partial charge is 0.478 e. The third kappa shape index (κ3) is 3.77. The van der Waals surface area contributed by atoms with Gasteiger partial charge in [-0.25, -0.2) is 18.4 Å². The second-order valence-electron chi connectivity index (χ2n) is 4.70. The molecule has 1 aromatic rings. The number of urea groups is 1. The molecule has 0 bridgehead atoms. The predicted octanol–water partition coefficient (Wildman–Crippen LogP) is 2.89. The highest BCUT2D eigenvalue weighted by atomic mass is 19.1. The molecule has 2 rings (SSSR count). The van der Waals surface area contributed by atoms with Crippen LogP contribution >= 0.6 is 0 Å². The number of hydrogen-bond donors (Lipinski definition) is 3. The second-order valence-corrected chi connectivity index (χ2v) is 4.70. The highest BCUT2D eigenvalue weighted by Crippen LogP contribution is 2.20. The zero-order chi connectivity index (χ0) is 15.4. The van der Waals surface area contributed by atoms with Gasteiger partial charge in [0.25, 0.3) is 0 Å². The highest BCUT2D eigenvalue weighted by molar-refractivity contribution is 5.93. The summed E-state index contributed by atoms with van der Waals surface area (Å²) in [7, 11) is 0. The molecule has 1 aromatic carbocycles. The fraction of sp³-hybridized carbons (Fsp3) is 0.286. The van der Waals surface area contributed by atoms with Gasteiger partial charge in [-0.15, -0.1) is 0 Å². The minimum Gasteiger partial charge on any atom is -0.478 e. The molecule has 112 valence electrons. The van der Waals surface area contributed by atoms with Crippen molar-refractivity contribution >= 4 is 17.7 Å². The first kappa shape index (κ1) is 15.0. The van der Waals surface area contributed by atoms with Crippen molar-refractivity contribution in [3.8, 4) is 0 Å². The summed E-state index contributed by atoms with van der Waals surface area (Å²) in [5.74, 6) is -3.76. The Kier molecular flexibility index (Phi) is 4.52. The number of amides is 2. The molecule has 0 aromatic heterocycles. The summed E-state index contributed by atoms with van der Waals surface area (Å²) < 4.78 is 26.8. The van der Waals surface area contributed by atoms with Gasteiger partial charge < -0.3 is 15.7 Å². The average molecular weight is 296 g/mol. The van der Waals surface area contributed by atoms with Crippen LogP contribution in [0.25, 0.3) is 0 Å². The van der Waals surface area contributed by atoms with Crippen molar-refractivity contribution in [1.82, 2.24) is 5.32 Å². The van der Waals surface area contributed by atoms with Gasteiger partial charge in [0.2, 0.25) is 0 Å². The van der Waals surface area contributed by atoms with Gasteiger partial charge in [0.05, 0.1) is 11.3 Å². The van der Waals surface area contributed by atoms with E-state index in [0.717, 1.165) is 18.9 Å². The van der Waals surface area contributed by atoms with Crippen molar-refractivity contribution in [3.63, 3.8) is 0 Å². The van der Waals surface area contributed by atoms with Crippen LogP contribution in [0.4, 0.5) is 19.3 Å². The van der Waals surface area contributed by atoms with E-state index in [2.05, 4.69) is 10.6 Å². The molecule has 1 aliphatic carbocycles. The summed E-state index contributed by atoms with van der Waals surface area (Å²) in [4.78, 5) is 22.5.